The van der Waals surface area contributed by atoms with Gasteiger partial charge in [0.1, 0.15) is 6.10 Å². The Morgan fingerprint density at radius 3 is 2.25 bits per heavy atom. The van der Waals surface area contributed by atoms with E-state index < -0.39 is 12.0 Å². The summed E-state index contributed by atoms with van der Waals surface area (Å²) in [5, 5.41) is 12.8. The van der Waals surface area contributed by atoms with Gasteiger partial charge < -0.3 is 24.6 Å². The lowest BCUT2D eigenvalue weighted by Crippen LogP contribution is -2.60. The maximum atomic E-state index is 12.2. The van der Waals surface area contributed by atoms with Crippen molar-refractivity contribution in [2.24, 2.45) is 0 Å². The zero-order valence-electron chi connectivity index (χ0n) is 16.1. The van der Waals surface area contributed by atoms with Gasteiger partial charge in [-0.25, -0.2) is 0 Å². The molecule has 144 valence electrons. The summed E-state index contributed by atoms with van der Waals surface area (Å²) in [5.41, 5.74) is 0. The molecule has 0 aromatic rings. The lowest BCUT2D eigenvalue weighted by Gasteiger charge is -2.37. The summed E-state index contributed by atoms with van der Waals surface area (Å²) in [7, 11) is 5.44. The molecule has 0 aromatic heterocycles. The molecule has 7 heteroatoms. The maximum absolute atomic E-state index is 12.2. The van der Waals surface area contributed by atoms with E-state index in [1.165, 1.54) is 33.5 Å². The topological polar surface area (TPSA) is 77.0 Å². The molecule has 0 radical (unpaired) electrons. The van der Waals surface area contributed by atoms with E-state index in [0.29, 0.717) is 6.42 Å². The largest absolute Gasteiger partial charge is 0.393 e. The summed E-state index contributed by atoms with van der Waals surface area (Å²) < 4.78 is 16.2. The first kappa shape index (κ1) is 23.5. The number of aliphatic hydroxyl groups excluding tert-OH is 1. The van der Waals surface area contributed by atoms with Crippen molar-refractivity contribution in [1.82, 2.24) is 5.32 Å². The van der Waals surface area contributed by atoms with Crippen molar-refractivity contribution in [2.75, 3.05) is 21.3 Å². The highest BCUT2D eigenvalue weighted by atomic mass is 28.1. The fraction of sp³-hybridized carbons (Fsp3) is 0.941. The van der Waals surface area contributed by atoms with Crippen LogP contribution in [0.1, 0.15) is 58.3 Å². The Bertz CT molecular complexity index is 322. The molecule has 0 aliphatic rings. The van der Waals surface area contributed by atoms with Gasteiger partial charge >= 0.3 is 0 Å². The van der Waals surface area contributed by atoms with Crippen LogP contribution < -0.4 is 5.32 Å². The molecule has 0 aromatic carbocycles. The van der Waals surface area contributed by atoms with Gasteiger partial charge in [0.2, 0.25) is 5.91 Å². The molecule has 24 heavy (non-hydrogen) atoms. The minimum Gasteiger partial charge on any atom is -0.393 e. The monoisotopic (exact) mass is 363 g/mol. The van der Waals surface area contributed by atoms with Crippen LogP contribution in [0.3, 0.4) is 0 Å². The first-order valence-corrected chi connectivity index (χ1v) is 10.5. The molecule has 6 nitrogen and oxygen atoms in total. The highest BCUT2D eigenvalue weighted by Crippen LogP contribution is 2.19. The van der Waals surface area contributed by atoms with Gasteiger partial charge in [0.05, 0.1) is 6.10 Å². The first-order chi connectivity index (χ1) is 11.5. The molecular weight excluding hydrogens is 326 g/mol. The molecule has 2 atom stereocenters. The van der Waals surface area contributed by atoms with Gasteiger partial charge in [-0.15, -0.1) is 0 Å². The van der Waals surface area contributed by atoms with Crippen LogP contribution >= 0.6 is 0 Å². The van der Waals surface area contributed by atoms with Crippen LogP contribution in [0.4, 0.5) is 0 Å². The van der Waals surface area contributed by atoms with Gasteiger partial charge in [-0.1, -0.05) is 39.0 Å². The predicted octanol–water partition coefficient (Wildman–Crippen LogP) is 1.35. The minimum atomic E-state index is -1.27. The van der Waals surface area contributed by atoms with E-state index in [0.717, 1.165) is 35.5 Å². The fourth-order valence-electron chi connectivity index (χ4n) is 2.80. The molecule has 2 unspecified atom stereocenters. The second kappa shape index (κ2) is 13.8. The van der Waals surface area contributed by atoms with E-state index in [-0.39, 0.29) is 18.4 Å². The van der Waals surface area contributed by atoms with Crippen molar-refractivity contribution in [3.8, 4) is 0 Å². The van der Waals surface area contributed by atoms with Crippen LogP contribution in [0.5, 0.6) is 0 Å². The van der Waals surface area contributed by atoms with E-state index in [9.17, 15) is 9.90 Å². The Labute approximate surface area is 150 Å². The van der Waals surface area contributed by atoms with Crippen LogP contribution in [0.15, 0.2) is 0 Å². The molecule has 0 aliphatic carbocycles. The molecule has 2 N–H and O–H groups in total. The Morgan fingerprint density at radius 2 is 1.75 bits per heavy atom. The number of rotatable bonds is 15. The van der Waals surface area contributed by atoms with E-state index in [2.05, 4.69) is 12.2 Å². The third-order valence-electron chi connectivity index (χ3n) is 4.34. The van der Waals surface area contributed by atoms with Crippen molar-refractivity contribution in [3.05, 3.63) is 0 Å². The number of aliphatic hydroxyl groups is 1. The Balaban J connectivity index is 4.25. The molecular formula is C17H37NO5Si. The molecule has 0 saturated carbocycles. The zero-order valence-corrected chi connectivity index (χ0v) is 18.1. The number of carbonyl (C=O) groups excluding carboxylic acids is 1. The standard InChI is InChI=1S/C17H37NO5Si/c1-5-6-7-8-9-10-14(19)11-12-16(20)18-17(22-3,23-4)15(13-24)21-2/h14-15,19H,5-13H2,1-4,24H3,(H,18,20). The second-order valence-corrected chi connectivity index (χ2v) is 6.97. The fourth-order valence-corrected chi connectivity index (χ4v) is 3.67. The van der Waals surface area contributed by atoms with Gasteiger partial charge in [-0.2, -0.15) is 0 Å². The number of carbonyl (C=O) groups is 1. The number of unbranched alkanes of at least 4 members (excludes halogenated alkanes) is 4. The third-order valence-corrected chi connectivity index (χ3v) is 5.09. The Kier molecular flexibility index (Phi) is 13.5. The maximum Gasteiger partial charge on any atom is 0.278 e. The van der Waals surface area contributed by atoms with Gasteiger partial charge in [0, 0.05) is 38.0 Å². The molecule has 0 fully saturated rings. The summed E-state index contributed by atoms with van der Waals surface area (Å²) >= 11 is 0. The first-order valence-electron chi connectivity index (χ1n) is 9.11. The molecule has 0 spiro atoms. The number of hydrogen-bond donors (Lipinski definition) is 2. The molecule has 0 saturated heterocycles. The van der Waals surface area contributed by atoms with Crippen LogP contribution in [-0.4, -0.2) is 60.7 Å². The summed E-state index contributed by atoms with van der Waals surface area (Å²) in [4.78, 5) is 12.2. The highest BCUT2D eigenvalue weighted by Gasteiger charge is 2.40. The van der Waals surface area contributed by atoms with E-state index in [1.807, 2.05) is 0 Å². The Morgan fingerprint density at radius 1 is 1.12 bits per heavy atom. The average molecular weight is 364 g/mol. The van der Waals surface area contributed by atoms with Crippen molar-refractivity contribution < 1.29 is 24.1 Å². The third kappa shape index (κ3) is 8.57. The average Bonchev–Trinajstić information content (AvgIpc) is 2.59. The van der Waals surface area contributed by atoms with Crippen molar-refractivity contribution in [3.63, 3.8) is 0 Å². The van der Waals surface area contributed by atoms with Gasteiger partial charge in [-0.3, -0.25) is 4.79 Å². The lowest BCUT2D eigenvalue weighted by molar-refractivity contribution is -0.275. The summed E-state index contributed by atoms with van der Waals surface area (Å²) in [6, 6.07) is 0.763. The van der Waals surface area contributed by atoms with Gasteiger partial charge in [0.15, 0.2) is 0 Å². The SMILES string of the molecule is CCCCCCCC(O)CCC(=O)NC(OC)(OC)C(C[SiH3])OC. The number of amides is 1. The van der Waals surface area contributed by atoms with Crippen molar-refractivity contribution >= 4 is 16.1 Å². The summed E-state index contributed by atoms with van der Waals surface area (Å²) in [6.45, 7) is 2.18. The van der Waals surface area contributed by atoms with Gasteiger partial charge in [-0.05, 0) is 18.9 Å². The smallest absolute Gasteiger partial charge is 0.278 e. The summed E-state index contributed by atoms with van der Waals surface area (Å²) in [5.74, 6) is -1.47. The van der Waals surface area contributed by atoms with Crippen LogP contribution in [0.25, 0.3) is 0 Å². The number of ether oxygens (including phenoxy) is 3. The highest BCUT2D eigenvalue weighted by molar-refractivity contribution is 6.09. The van der Waals surface area contributed by atoms with Crippen molar-refractivity contribution in [1.29, 1.82) is 0 Å². The summed E-state index contributed by atoms with van der Waals surface area (Å²) in [6.07, 6.45) is 6.47. The van der Waals surface area contributed by atoms with Crippen molar-refractivity contribution in [2.45, 2.75) is 82.5 Å². The van der Waals surface area contributed by atoms with Gasteiger partial charge in [0.25, 0.3) is 5.91 Å². The number of nitrogens with one attached hydrogen (secondary N) is 1. The molecule has 1 amide bonds. The molecule has 0 bridgehead atoms. The second-order valence-electron chi connectivity index (χ2n) is 6.15. The molecule has 0 rings (SSSR count). The number of methoxy groups -OCH3 is 3. The normalized spacial score (nSPS) is 14.5. The predicted molar refractivity (Wildman–Crippen MR) is 99.1 cm³/mol. The van der Waals surface area contributed by atoms with Crippen LogP contribution in [0.2, 0.25) is 6.04 Å². The van der Waals surface area contributed by atoms with Crippen LogP contribution in [-0.2, 0) is 19.0 Å². The van der Waals surface area contributed by atoms with Crippen LogP contribution in [0, 0.1) is 0 Å². The Hall–Kier alpha value is -0.473. The van der Waals surface area contributed by atoms with E-state index in [1.54, 1.807) is 7.11 Å². The lowest BCUT2D eigenvalue weighted by atomic mass is 10.0. The zero-order chi connectivity index (χ0) is 18.4. The van der Waals surface area contributed by atoms with E-state index in [4.69, 9.17) is 14.2 Å². The minimum absolute atomic E-state index is 0.208. The quantitative estimate of drug-likeness (QED) is 0.261. The molecule has 0 heterocycles. The van der Waals surface area contributed by atoms with E-state index >= 15 is 0 Å². The molecule has 0 aliphatic heterocycles. The number of hydrogen-bond acceptors (Lipinski definition) is 5.